The van der Waals surface area contributed by atoms with E-state index in [-0.39, 0.29) is 23.1 Å². The van der Waals surface area contributed by atoms with Crippen molar-refractivity contribution in [2.24, 2.45) is 11.7 Å². The van der Waals surface area contributed by atoms with Gasteiger partial charge in [0.25, 0.3) is 0 Å². The highest BCUT2D eigenvalue weighted by Crippen LogP contribution is 2.37. The lowest BCUT2D eigenvalue weighted by molar-refractivity contribution is -0.137. The zero-order valence-corrected chi connectivity index (χ0v) is 21.6. The van der Waals surface area contributed by atoms with Crippen LogP contribution in [-0.4, -0.2) is 16.8 Å². The van der Waals surface area contributed by atoms with Gasteiger partial charge in [0.1, 0.15) is 17.3 Å². The summed E-state index contributed by atoms with van der Waals surface area (Å²) < 4.78 is 46.7. The Labute approximate surface area is 224 Å². The second-order valence-corrected chi connectivity index (χ2v) is 10.7. The number of benzene rings is 2. The second kappa shape index (κ2) is 10.00. The van der Waals surface area contributed by atoms with E-state index >= 15 is 0 Å². The topological polar surface area (TPSA) is 106 Å². The van der Waals surface area contributed by atoms with Gasteiger partial charge in [-0.1, -0.05) is 6.07 Å². The van der Waals surface area contributed by atoms with Crippen molar-refractivity contribution in [2.75, 3.05) is 10.6 Å². The molecule has 2 amide bonds. The summed E-state index contributed by atoms with van der Waals surface area (Å²) in [5, 5.41) is 5.45. The number of amides is 2. The molecule has 4 N–H and O–H groups in total. The van der Waals surface area contributed by atoms with Crippen molar-refractivity contribution in [2.45, 2.75) is 57.7 Å². The molecule has 7 nitrogen and oxygen atoms in total. The van der Waals surface area contributed by atoms with Crippen molar-refractivity contribution in [1.29, 1.82) is 0 Å². The highest BCUT2D eigenvalue weighted by Gasteiger charge is 2.33. The smallest absolute Gasteiger partial charge is 0.416 e. The second-order valence-electron chi connectivity index (χ2n) is 10.7. The molecule has 0 spiro atoms. The van der Waals surface area contributed by atoms with E-state index in [9.17, 15) is 22.8 Å². The first-order valence-electron chi connectivity index (χ1n) is 12.8. The van der Waals surface area contributed by atoms with Crippen molar-refractivity contribution in [3.8, 4) is 11.5 Å². The maximum absolute atomic E-state index is 13.5. The SMILES string of the molecule is CC(C)(N)c1cc(NC(=O)[C@H]2CCc3ccc(Oc4ccnc5c4CCC(=O)N5)cc3C2)cc(C(F)(F)F)c1. The summed E-state index contributed by atoms with van der Waals surface area (Å²) in [4.78, 5) is 29.1. The lowest BCUT2D eigenvalue weighted by Crippen LogP contribution is -2.30. The number of nitrogens with one attached hydrogen (secondary N) is 2. The molecule has 0 bridgehead atoms. The minimum Gasteiger partial charge on any atom is -0.457 e. The molecule has 0 radical (unpaired) electrons. The maximum Gasteiger partial charge on any atom is 0.416 e. The molecule has 0 saturated carbocycles. The number of aromatic nitrogens is 1. The molecule has 10 heteroatoms. The van der Waals surface area contributed by atoms with Gasteiger partial charge in [-0.3, -0.25) is 9.59 Å². The van der Waals surface area contributed by atoms with Crippen LogP contribution in [0, 0.1) is 5.92 Å². The average Bonchev–Trinajstić information content (AvgIpc) is 2.87. The number of nitrogens with zero attached hydrogens (tertiary/aromatic N) is 1. The molecule has 2 aromatic carbocycles. The summed E-state index contributed by atoms with van der Waals surface area (Å²) in [7, 11) is 0. The van der Waals surface area contributed by atoms with Crippen molar-refractivity contribution < 1.29 is 27.5 Å². The average molecular weight is 539 g/mol. The highest BCUT2D eigenvalue weighted by atomic mass is 19.4. The normalized spacial score (nSPS) is 17.1. The fraction of sp³-hybridized carbons (Fsp3) is 0.345. The number of ether oxygens (including phenoxy) is 1. The number of carbonyl (C=O) groups excluding carboxylic acids is 2. The lowest BCUT2D eigenvalue weighted by Gasteiger charge is -2.26. The number of hydrogen-bond acceptors (Lipinski definition) is 5. The number of aryl methyl sites for hydroxylation is 1. The lowest BCUT2D eigenvalue weighted by atomic mass is 9.83. The van der Waals surface area contributed by atoms with E-state index in [1.807, 2.05) is 18.2 Å². The third kappa shape index (κ3) is 5.90. The Morgan fingerprint density at radius 2 is 1.82 bits per heavy atom. The molecule has 0 fully saturated rings. The van der Waals surface area contributed by atoms with E-state index in [0.29, 0.717) is 49.4 Å². The standard InChI is InChI=1S/C29H29F3N4O3/c1-28(2,33)19-13-20(29(30,31)32)15-21(14-19)35-27(38)17-4-3-16-5-6-22(12-18(16)11-17)39-24-9-10-34-26-23(24)7-8-25(37)36-26/h5-6,9-10,12-15,17H,3-4,7-8,11,33H2,1-2H3,(H,35,38)(H,34,36,37)/t17-/m0/s1. The van der Waals surface area contributed by atoms with Crippen LogP contribution in [0.25, 0.3) is 0 Å². The summed E-state index contributed by atoms with van der Waals surface area (Å²) in [6.45, 7) is 3.23. The number of halogens is 3. The van der Waals surface area contributed by atoms with Crippen molar-refractivity contribution in [3.05, 3.63) is 76.5 Å². The van der Waals surface area contributed by atoms with Gasteiger partial charge in [-0.15, -0.1) is 0 Å². The molecule has 1 aromatic heterocycles. The molecule has 0 saturated heterocycles. The fourth-order valence-electron chi connectivity index (χ4n) is 4.98. The largest absolute Gasteiger partial charge is 0.457 e. The Hall–Kier alpha value is -3.92. The third-order valence-electron chi connectivity index (χ3n) is 7.15. The van der Waals surface area contributed by atoms with Crippen LogP contribution in [0.15, 0.2) is 48.7 Å². The predicted octanol–water partition coefficient (Wildman–Crippen LogP) is 5.71. The van der Waals surface area contributed by atoms with Crippen molar-refractivity contribution >= 4 is 23.3 Å². The number of fused-ring (bicyclic) bond motifs is 2. The molecule has 0 unspecified atom stereocenters. The molecule has 204 valence electrons. The zero-order chi connectivity index (χ0) is 27.9. The molecular formula is C29H29F3N4O3. The number of nitrogens with two attached hydrogens (primary N) is 1. The summed E-state index contributed by atoms with van der Waals surface area (Å²) >= 11 is 0. The first-order chi connectivity index (χ1) is 18.4. The molecule has 1 atom stereocenters. The maximum atomic E-state index is 13.5. The van der Waals surface area contributed by atoms with Crippen LogP contribution in [-0.2, 0) is 40.6 Å². The van der Waals surface area contributed by atoms with Crippen LogP contribution >= 0.6 is 0 Å². The van der Waals surface area contributed by atoms with Crippen LogP contribution in [0.5, 0.6) is 11.5 Å². The van der Waals surface area contributed by atoms with Crippen LogP contribution < -0.4 is 21.1 Å². The van der Waals surface area contributed by atoms with Gasteiger partial charge in [0, 0.05) is 35.3 Å². The van der Waals surface area contributed by atoms with E-state index in [4.69, 9.17) is 10.5 Å². The molecular weight excluding hydrogens is 509 g/mol. The Morgan fingerprint density at radius 1 is 1.05 bits per heavy atom. The van der Waals surface area contributed by atoms with Gasteiger partial charge in [0.05, 0.1) is 5.56 Å². The Balaban J connectivity index is 1.33. The number of alkyl halides is 3. The van der Waals surface area contributed by atoms with Gasteiger partial charge in [0.2, 0.25) is 11.8 Å². The van der Waals surface area contributed by atoms with Gasteiger partial charge in [-0.2, -0.15) is 13.2 Å². The Morgan fingerprint density at radius 3 is 2.56 bits per heavy atom. The van der Waals surface area contributed by atoms with Gasteiger partial charge in [-0.05, 0) is 92.6 Å². The molecule has 5 rings (SSSR count). The quantitative estimate of drug-likeness (QED) is 0.386. The number of hydrogen-bond donors (Lipinski definition) is 3. The third-order valence-corrected chi connectivity index (χ3v) is 7.15. The van der Waals surface area contributed by atoms with Crippen LogP contribution in [0.3, 0.4) is 0 Å². The van der Waals surface area contributed by atoms with Crippen LogP contribution in [0.4, 0.5) is 24.7 Å². The molecule has 3 aromatic rings. The van der Waals surface area contributed by atoms with Gasteiger partial charge >= 0.3 is 6.18 Å². The Kier molecular flexibility index (Phi) is 6.84. The first-order valence-corrected chi connectivity index (χ1v) is 12.8. The van der Waals surface area contributed by atoms with Gasteiger partial charge in [-0.25, -0.2) is 4.98 Å². The van der Waals surface area contributed by atoms with Gasteiger partial charge < -0.3 is 21.1 Å². The van der Waals surface area contributed by atoms with E-state index in [2.05, 4.69) is 15.6 Å². The fourth-order valence-corrected chi connectivity index (χ4v) is 4.98. The van der Waals surface area contributed by atoms with E-state index < -0.39 is 23.2 Å². The summed E-state index contributed by atoms with van der Waals surface area (Å²) in [6.07, 6.45) is -0.456. The summed E-state index contributed by atoms with van der Waals surface area (Å²) in [5.41, 5.74) is 7.41. The van der Waals surface area contributed by atoms with Crippen LogP contribution in [0.2, 0.25) is 0 Å². The number of rotatable bonds is 5. The molecule has 1 aliphatic heterocycles. The monoisotopic (exact) mass is 538 g/mol. The van der Waals surface area contributed by atoms with Crippen molar-refractivity contribution in [3.63, 3.8) is 0 Å². The summed E-state index contributed by atoms with van der Waals surface area (Å²) in [5.74, 6) is 0.847. The predicted molar refractivity (Wildman–Crippen MR) is 141 cm³/mol. The number of pyridine rings is 1. The Bertz CT molecular complexity index is 1410. The molecule has 2 heterocycles. The molecule has 1 aliphatic carbocycles. The van der Waals surface area contributed by atoms with Crippen LogP contribution in [0.1, 0.15) is 54.5 Å². The van der Waals surface area contributed by atoms with E-state index in [1.165, 1.54) is 6.07 Å². The highest BCUT2D eigenvalue weighted by molar-refractivity contribution is 5.94. The van der Waals surface area contributed by atoms with Gasteiger partial charge in [0.15, 0.2) is 0 Å². The number of carbonyl (C=O) groups is 2. The zero-order valence-electron chi connectivity index (χ0n) is 21.6. The van der Waals surface area contributed by atoms with Crippen molar-refractivity contribution in [1.82, 2.24) is 4.98 Å². The minimum absolute atomic E-state index is 0.0702. The molecule has 39 heavy (non-hydrogen) atoms. The number of anilines is 2. The first kappa shape index (κ1) is 26.7. The minimum atomic E-state index is -4.57. The summed E-state index contributed by atoms with van der Waals surface area (Å²) in [6, 6.07) is 10.9. The van der Waals surface area contributed by atoms with E-state index in [0.717, 1.165) is 28.8 Å². The van der Waals surface area contributed by atoms with E-state index in [1.54, 1.807) is 26.1 Å². The molecule has 2 aliphatic rings.